The van der Waals surface area contributed by atoms with Crippen molar-refractivity contribution in [1.82, 2.24) is 10.2 Å². The zero-order chi connectivity index (χ0) is 25.0. The number of carbonyl (C=O) groups excluding carboxylic acids is 2. The average molecular weight is 530 g/mol. The van der Waals surface area contributed by atoms with Gasteiger partial charge in [-0.2, -0.15) is 0 Å². The van der Waals surface area contributed by atoms with Crippen LogP contribution in [0.25, 0.3) is 0 Å². The Kier molecular flexibility index (Phi) is 11.0. The van der Waals surface area contributed by atoms with Crippen molar-refractivity contribution in [3.8, 4) is 0 Å². The monoisotopic (exact) mass is 528 g/mol. The highest BCUT2D eigenvalue weighted by atomic mass is 35.5. The van der Waals surface area contributed by atoms with E-state index in [1.54, 1.807) is 22.7 Å². The second-order valence-electron chi connectivity index (χ2n) is 8.20. The first-order valence-electron chi connectivity index (χ1n) is 11.7. The molecular weight excluding hydrogens is 499 g/mol. The SMILES string of the molecule is CCCNC(=O)[C@@H](Cc1ccccc1)N(Cc1cccc(Cl)c1)C(=O)CCSc1ccc(Cl)cc1. The fourth-order valence-corrected chi connectivity index (χ4v) is 4.86. The predicted molar refractivity (Wildman–Crippen MR) is 146 cm³/mol. The smallest absolute Gasteiger partial charge is 0.243 e. The van der Waals surface area contributed by atoms with Gasteiger partial charge in [0.05, 0.1) is 0 Å². The average Bonchev–Trinajstić information content (AvgIpc) is 2.86. The molecule has 0 radical (unpaired) electrons. The molecule has 0 spiro atoms. The summed E-state index contributed by atoms with van der Waals surface area (Å²) in [6.07, 6.45) is 1.57. The van der Waals surface area contributed by atoms with Crippen LogP contribution in [0.3, 0.4) is 0 Å². The fourth-order valence-electron chi connectivity index (χ4n) is 3.68. The molecule has 4 nitrogen and oxygen atoms in total. The lowest BCUT2D eigenvalue weighted by Crippen LogP contribution is -2.50. The van der Waals surface area contributed by atoms with Crippen molar-refractivity contribution in [2.45, 2.75) is 43.7 Å². The maximum Gasteiger partial charge on any atom is 0.243 e. The van der Waals surface area contributed by atoms with Gasteiger partial charge in [-0.3, -0.25) is 9.59 Å². The van der Waals surface area contributed by atoms with Crippen molar-refractivity contribution >= 4 is 46.8 Å². The summed E-state index contributed by atoms with van der Waals surface area (Å²) >= 11 is 13.8. The molecule has 7 heteroatoms. The van der Waals surface area contributed by atoms with Crippen molar-refractivity contribution in [2.75, 3.05) is 12.3 Å². The molecule has 0 bridgehead atoms. The summed E-state index contributed by atoms with van der Waals surface area (Å²) in [4.78, 5) is 29.6. The zero-order valence-electron chi connectivity index (χ0n) is 19.8. The summed E-state index contributed by atoms with van der Waals surface area (Å²) in [7, 11) is 0. The van der Waals surface area contributed by atoms with E-state index in [2.05, 4.69) is 5.32 Å². The number of benzene rings is 3. The van der Waals surface area contributed by atoms with E-state index in [0.717, 1.165) is 22.4 Å². The number of amides is 2. The lowest BCUT2D eigenvalue weighted by atomic mass is 10.0. The first kappa shape index (κ1) is 27.1. The molecule has 0 aliphatic carbocycles. The number of rotatable bonds is 12. The van der Waals surface area contributed by atoms with Gasteiger partial charge in [0.25, 0.3) is 0 Å². The largest absolute Gasteiger partial charge is 0.354 e. The van der Waals surface area contributed by atoms with E-state index in [4.69, 9.17) is 23.2 Å². The first-order chi connectivity index (χ1) is 17.0. The van der Waals surface area contributed by atoms with Gasteiger partial charge in [-0.05, 0) is 53.9 Å². The molecule has 184 valence electrons. The molecule has 0 aliphatic heterocycles. The Hall–Kier alpha value is -2.47. The van der Waals surface area contributed by atoms with Crippen LogP contribution in [0.2, 0.25) is 10.0 Å². The van der Waals surface area contributed by atoms with E-state index >= 15 is 0 Å². The number of hydrogen-bond acceptors (Lipinski definition) is 3. The second kappa shape index (κ2) is 14.2. The highest BCUT2D eigenvalue weighted by Crippen LogP contribution is 2.23. The number of hydrogen-bond donors (Lipinski definition) is 1. The van der Waals surface area contributed by atoms with Gasteiger partial charge < -0.3 is 10.2 Å². The van der Waals surface area contributed by atoms with Crippen molar-refractivity contribution in [2.24, 2.45) is 0 Å². The Morgan fingerprint density at radius 3 is 2.31 bits per heavy atom. The number of thioether (sulfide) groups is 1. The minimum Gasteiger partial charge on any atom is -0.354 e. The zero-order valence-corrected chi connectivity index (χ0v) is 22.1. The van der Waals surface area contributed by atoms with Crippen LogP contribution in [-0.2, 0) is 22.6 Å². The summed E-state index contributed by atoms with van der Waals surface area (Å²) in [5.41, 5.74) is 1.89. The summed E-state index contributed by atoms with van der Waals surface area (Å²) in [5.74, 6) is 0.386. The Morgan fingerprint density at radius 2 is 1.63 bits per heavy atom. The minimum atomic E-state index is -0.629. The molecule has 1 atom stereocenters. The fraction of sp³-hybridized carbons (Fsp3) is 0.286. The van der Waals surface area contributed by atoms with Crippen LogP contribution in [0.4, 0.5) is 0 Å². The van der Waals surface area contributed by atoms with Gasteiger partial charge in [-0.1, -0.05) is 72.6 Å². The van der Waals surface area contributed by atoms with Crippen molar-refractivity contribution in [1.29, 1.82) is 0 Å². The molecule has 0 fully saturated rings. The van der Waals surface area contributed by atoms with Crippen LogP contribution in [0.1, 0.15) is 30.9 Å². The van der Waals surface area contributed by atoms with Crippen molar-refractivity contribution < 1.29 is 9.59 Å². The van der Waals surface area contributed by atoms with Crippen LogP contribution in [0, 0.1) is 0 Å². The van der Waals surface area contributed by atoms with Crippen molar-refractivity contribution in [3.05, 3.63) is 100 Å². The van der Waals surface area contributed by atoms with Crippen molar-refractivity contribution in [3.63, 3.8) is 0 Å². The van der Waals surface area contributed by atoms with Crippen LogP contribution < -0.4 is 5.32 Å². The summed E-state index contributed by atoms with van der Waals surface area (Å²) in [5, 5.41) is 4.28. The molecule has 0 aliphatic rings. The first-order valence-corrected chi connectivity index (χ1v) is 13.4. The molecule has 2 amide bonds. The van der Waals surface area contributed by atoms with E-state index in [9.17, 15) is 9.59 Å². The molecule has 0 unspecified atom stereocenters. The highest BCUT2D eigenvalue weighted by Gasteiger charge is 2.30. The molecule has 0 heterocycles. The Bertz CT molecular complexity index is 1090. The van der Waals surface area contributed by atoms with Gasteiger partial charge in [-0.25, -0.2) is 0 Å². The van der Waals surface area contributed by atoms with E-state index in [1.807, 2.05) is 79.7 Å². The molecule has 0 saturated carbocycles. The quantitative estimate of drug-likeness (QED) is 0.268. The van der Waals surface area contributed by atoms with Crippen LogP contribution >= 0.6 is 35.0 Å². The molecule has 0 saturated heterocycles. The number of nitrogens with one attached hydrogen (secondary N) is 1. The van der Waals surface area contributed by atoms with Gasteiger partial charge in [-0.15, -0.1) is 11.8 Å². The van der Waals surface area contributed by atoms with Crippen LogP contribution in [0.15, 0.2) is 83.8 Å². The molecule has 35 heavy (non-hydrogen) atoms. The van der Waals surface area contributed by atoms with Gasteiger partial charge >= 0.3 is 0 Å². The summed E-state index contributed by atoms with van der Waals surface area (Å²) < 4.78 is 0. The summed E-state index contributed by atoms with van der Waals surface area (Å²) in [6, 6.07) is 24.2. The van der Waals surface area contributed by atoms with Gasteiger partial charge in [0.1, 0.15) is 6.04 Å². The maximum absolute atomic E-state index is 13.6. The second-order valence-corrected chi connectivity index (χ2v) is 10.2. The molecule has 3 aromatic rings. The molecular formula is C28H30Cl2N2O2S. The van der Waals surface area contributed by atoms with Gasteiger partial charge in [0.15, 0.2) is 0 Å². The van der Waals surface area contributed by atoms with E-state index in [-0.39, 0.29) is 11.8 Å². The standard InChI is InChI=1S/C28H30Cl2N2O2S/c1-2-16-31-28(34)26(19-21-7-4-3-5-8-21)32(20-22-9-6-10-24(30)18-22)27(33)15-17-35-25-13-11-23(29)12-14-25/h3-14,18,26H,2,15-17,19-20H2,1H3,(H,31,34)/t26-/m1/s1. The van der Waals surface area contributed by atoms with E-state index < -0.39 is 6.04 Å². The molecule has 3 aromatic carbocycles. The third kappa shape index (κ3) is 8.92. The lowest BCUT2D eigenvalue weighted by molar-refractivity contribution is -0.141. The van der Waals surface area contributed by atoms with Gasteiger partial charge in [0.2, 0.25) is 11.8 Å². The third-order valence-corrected chi connectivity index (χ3v) is 6.96. The van der Waals surface area contributed by atoms with E-state index in [0.29, 0.717) is 41.7 Å². The number of carbonyl (C=O) groups is 2. The number of nitrogens with zero attached hydrogens (tertiary/aromatic N) is 1. The Morgan fingerprint density at radius 1 is 0.914 bits per heavy atom. The molecule has 1 N–H and O–H groups in total. The number of halogens is 2. The summed E-state index contributed by atoms with van der Waals surface area (Å²) in [6.45, 7) is 2.88. The Balaban J connectivity index is 1.82. The van der Waals surface area contributed by atoms with E-state index in [1.165, 1.54) is 0 Å². The highest BCUT2D eigenvalue weighted by molar-refractivity contribution is 7.99. The topological polar surface area (TPSA) is 49.4 Å². The van der Waals surface area contributed by atoms with Gasteiger partial charge in [0, 0.05) is 46.6 Å². The maximum atomic E-state index is 13.6. The molecule has 0 aromatic heterocycles. The van der Waals surface area contributed by atoms with Crippen LogP contribution in [0.5, 0.6) is 0 Å². The molecule has 3 rings (SSSR count). The normalized spacial score (nSPS) is 11.6. The Labute approximate surface area is 222 Å². The lowest BCUT2D eigenvalue weighted by Gasteiger charge is -2.31. The van der Waals surface area contributed by atoms with Crippen LogP contribution in [-0.4, -0.2) is 35.1 Å². The third-order valence-electron chi connectivity index (χ3n) is 5.46. The predicted octanol–water partition coefficient (Wildman–Crippen LogP) is 6.64. The minimum absolute atomic E-state index is 0.0704.